The number of hydrogen-bond acceptors (Lipinski definition) is 8. The Labute approximate surface area is 315 Å². The molecule has 268 valence electrons. The Bertz CT molecular complexity index is 2250. The molecule has 5 aromatic rings. The minimum absolute atomic E-state index is 0.0564. The number of nitrogens with zero attached hydrogens (tertiary/aromatic N) is 3. The van der Waals surface area contributed by atoms with Crippen molar-refractivity contribution in [2.75, 3.05) is 20.2 Å². The zero-order valence-corrected chi connectivity index (χ0v) is 30.5. The molecule has 7 rings (SSSR count). The summed E-state index contributed by atoms with van der Waals surface area (Å²) in [5.74, 6) is 0.684. The fourth-order valence-electron chi connectivity index (χ4n) is 6.71. The molecule has 4 N–H and O–H groups in total. The standard InChI is InChI=1S/C38H36Cl3N7O4/c1-52-31-15-30(47-37(41)29(31)20-43-19-24-9-11-34(50)46-24)28-7-3-6-27(36(28)40)26-5-2-4-25(35(26)39)21-12-13-48-32(14-21)44-17-22(38(48)51)16-42-18-23-8-10-33(49)45-23/h2-7,12-15,17,23-24,42-43H,8-11,16,18-20H2,1H3,(H,45,49)(H,46,50)/t23-,24-/m0/s1. The monoisotopic (exact) mass is 759 g/mol. The lowest BCUT2D eigenvalue weighted by atomic mass is 9.97. The molecule has 52 heavy (non-hydrogen) atoms. The highest BCUT2D eigenvalue weighted by atomic mass is 35.5. The number of rotatable bonds is 12. The summed E-state index contributed by atoms with van der Waals surface area (Å²) in [6.07, 6.45) is 5.93. The van der Waals surface area contributed by atoms with Gasteiger partial charge in [0.05, 0.1) is 22.8 Å². The molecule has 2 amide bonds. The number of hydrogen-bond donors (Lipinski definition) is 4. The van der Waals surface area contributed by atoms with E-state index in [0.717, 1.165) is 24.0 Å². The Morgan fingerprint density at radius 2 is 1.44 bits per heavy atom. The van der Waals surface area contributed by atoms with Gasteiger partial charge in [-0.2, -0.15) is 0 Å². The first-order chi connectivity index (χ1) is 25.2. The summed E-state index contributed by atoms with van der Waals surface area (Å²) >= 11 is 20.9. The maximum atomic E-state index is 13.3. The lowest BCUT2D eigenvalue weighted by molar-refractivity contribution is -0.120. The largest absolute Gasteiger partial charge is 0.496 e. The average molecular weight is 761 g/mol. The number of fused-ring (bicyclic) bond motifs is 1. The molecule has 2 fully saturated rings. The normalized spacial score (nSPS) is 17.1. The van der Waals surface area contributed by atoms with Crippen LogP contribution >= 0.6 is 34.8 Å². The number of nitrogens with one attached hydrogen (secondary N) is 4. The van der Waals surface area contributed by atoms with E-state index in [1.807, 2.05) is 54.6 Å². The zero-order chi connectivity index (χ0) is 36.4. The van der Waals surface area contributed by atoms with Gasteiger partial charge in [-0.15, -0.1) is 0 Å². The molecule has 0 spiro atoms. The van der Waals surface area contributed by atoms with E-state index in [2.05, 4.69) is 31.2 Å². The highest BCUT2D eigenvalue weighted by Gasteiger charge is 2.23. The molecule has 11 nitrogen and oxygen atoms in total. The maximum absolute atomic E-state index is 13.3. The average Bonchev–Trinajstić information content (AvgIpc) is 3.76. The van der Waals surface area contributed by atoms with E-state index >= 15 is 0 Å². The van der Waals surface area contributed by atoms with Crippen LogP contribution in [0.5, 0.6) is 5.75 Å². The van der Waals surface area contributed by atoms with Crippen LogP contribution in [0.15, 0.2) is 71.8 Å². The predicted octanol–water partition coefficient (Wildman–Crippen LogP) is 5.80. The van der Waals surface area contributed by atoms with Crippen LogP contribution in [0.3, 0.4) is 0 Å². The van der Waals surface area contributed by atoms with Crippen molar-refractivity contribution in [3.63, 3.8) is 0 Å². The summed E-state index contributed by atoms with van der Waals surface area (Å²) in [6.45, 7) is 1.95. The number of carbonyl (C=O) groups is 2. The van der Waals surface area contributed by atoms with Gasteiger partial charge in [0.1, 0.15) is 16.5 Å². The number of benzene rings is 2. The third-order valence-electron chi connectivity index (χ3n) is 9.48. The van der Waals surface area contributed by atoms with Gasteiger partial charge in [-0.1, -0.05) is 71.2 Å². The molecule has 2 aliphatic heterocycles. The minimum atomic E-state index is -0.170. The number of pyridine rings is 2. The molecule has 14 heteroatoms. The Kier molecular flexibility index (Phi) is 10.8. The van der Waals surface area contributed by atoms with Crippen LogP contribution in [0.25, 0.3) is 39.2 Å². The van der Waals surface area contributed by atoms with Crippen LogP contribution in [0.2, 0.25) is 15.2 Å². The summed E-state index contributed by atoms with van der Waals surface area (Å²) in [4.78, 5) is 45.5. The SMILES string of the molecule is COc1cc(-c2cccc(-c3cccc(-c4ccn5c(=O)c(CNC[C@@H]6CCC(=O)N6)cnc5c4)c3Cl)c2Cl)nc(Cl)c1CNC[C@@H]1CCC(=O)N1. The summed E-state index contributed by atoms with van der Waals surface area (Å²) in [6, 6.07) is 17.0. The number of carbonyl (C=O) groups excluding carboxylic acids is 2. The predicted molar refractivity (Wildman–Crippen MR) is 203 cm³/mol. The molecule has 2 saturated heterocycles. The molecule has 2 aliphatic rings. The molecule has 3 aromatic heterocycles. The first kappa shape index (κ1) is 35.9. The second-order valence-corrected chi connectivity index (χ2v) is 14.0. The van der Waals surface area contributed by atoms with Crippen molar-refractivity contribution >= 4 is 52.3 Å². The van der Waals surface area contributed by atoms with Crippen LogP contribution in [-0.4, -0.2) is 58.5 Å². The van der Waals surface area contributed by atoms with Crippen molar-refractivity contribution in [2.24, 2.45) is 0 Å². The molecule has 2 aromatic carbocycles. The van der Waals surface area contributed by atoms with Crippen LogP contribution in [0.4, 0.5) is 0 Å². The summed E-state index contributed by atoms with van der Waals surface area (Å²) < 4.78 is 7.22. The van der Waals surface area contributed by atoms with Gasteiger partial charge in [-0.3, -0.25) is 18.8 Å². The van der Waals surface area contributed by atoms with Gasteiger partial charge in [0, 0.05) is 103 Å². The van der Waals surface area contributed by atoms with Gasteiger partial charge in [0.25, 0.3) is 5.56 Å². The molecule has 0 aliphatic carbocycles. The smallest absolute Gasteiger partial charge is 0.262 e. The van der Waals surface area contributed by atoms with E-state index < -0.39 is 0 Å². The van der Waals surface area contributed by atoms with Gasteiger partial charge in [-0.25, -0.2) is 9.97 Å². The summed E-state index contributed by atoms with van der Waals surface area (Å²) in [5.41, 5.74) is 5.69. The van der Waals surface area contributed by atoms with Gasteiger partial charge >= 0.3 is 0 Å². The first-order valence-electron chi connectivity index (χ1n) is 17.0. The maximum Gasteiger partial charge on any atom is 0.262 e. The molecule has 0 saturated carbocycles. The fourth-order valence-corrected chi connectivity index (χ4v) is 7.63. The number of halogens is 3. The highest BCUT2D eigenvalue weighted by Crippen LogP contribution is 2.43. The third kappa shape index (κ3) is 7.51. The lowest BCUT2D eigenvalue weighted by Gasteiger charge is -2.17. The Morgan fingerprint density at radius 3 is 2.08 bits per heavy atom. The van der Waals surface area contributed by atoms with E-state index in [1.54, 1.807) is 19.5 Å². The zero-order valence-electron chi connectivity index (χ0n) is 28.3. The summed E-state index contributed by atoms with van der Waals surface area (Å²) in [7, 11) is 1.58. The Balaban J connectivity index is 1.12. The summed E-state index contributed by atoms with van der Waals surface area (Å²) in [5, 5.41) is 13.7. The topological polar surface area (TPSA) is 139 Å². The van der Waals surface area contributed by atoms with Gasteiger partial charge in [-0.05, 0) is 30.5 Å². The van der Waals surface area contributed by atoms with Crippen molar-refractivity contribution < 1.29 is 14.3 Å². The number of methoxy groups -OCH3 is 1. The fraction of sp³-hybridized carbons (Fsp3) is 0.289. The lowest BCUT2D eigenvalue weighted by Crippen LogP contribution is -2.36. The Hall–Kier alpha value is -4.52. The van der Waals surface area contributed by atoms with Crippen molar-refractivity contribution in [3.8, 4) is 39.3 Å². The van der Waals surface area contributed by atoms with Crippen LogP contribution in [-0.2, 0) is 22.7 Å². The van der Waals surface area contributed by atoms with Gasteiger partial charge in [0.15, 0.2) is 0 Å². The van der Waals surface area contributed by atoms with E-state index in [4.69, 9.17) is 39.5 Å². The second kappa shape index (κ2) is 15.6. The van der Waals surface area contributed by atoms with Crippen molar-refractivity contribution in [3.05, 3.63) is 104 Å². The minimum Gasteiger partial charge on any atom is -0.496 e. The quantitative estimate of drug-likeness (QED) is 0.117. The number of aromatic nitrogens is 3. The van der Waals surface area contributed by atoms with E-state index in [1.165, 1.54) is 4.40 Å². The molecule has 2 atom stereocenters. The van der Waals surface area contributed by atoms with Crippen molar-refractivity contribution in [2.45, 2.75) is 50.9 Å². The molecule has 0 bridgehead atoms. The number of ether oxygens (including phenoxy) is 1. The molecular weight excluding hydrogens is 725 g/mol. The molecule has 0 unspecified atom stereocenters. The van der Waals surface area contributed by atoms with Crippen molar-refractivity contribution in [1.29, 1.82) is 0 Å². The van der Waals surface area contributed by atoms with Crippen LogP contribution < -0.4 is 31.6 Å². The van der Waals surface area contributed by atoms with E-state index in [-0.39, 0.29) is 34.6 Å². The molecule has 0 radical (unpaired) electrons. The molecular formula is C38H36Cl3N7O4. The van der Waals surface area contributed by atoms with Crippen LogP contribution in [0, 0.1) is 0 Å². The highest BCUT2D eigenvalue weighted by molar-refractivity contribution is 6.39. The first-order valence-corrected chi connectivity index (χ1v) is 18.2. The van der Waals surface area contributed by atoms with Gasteiger partial charge < -0.3 is 26.0 Å². The Morgan fingerprint density at radius 1 is 0.827 bits per heavy atom. The van der Waals surface area contributed by atoms with Crippen molar-refractivity contribution in [1.82, 2.24) is 35.6 Å². The second-order valence-electron chi connectivity index (χ2n) is 12.9. The number of amides is 2. The van der Waals surface area contributed by atoms with Gasteiger partial charge in [0.2, 0.25) is 11.8 Å². The molecule has 5 heterocycles. The van der Waals surface area contributed by atoms with E-state index in [9.17, 15) is 14.4 Å². The van der Waals surface area contributed by atoms with E-state index in [0.29, 0.717) is 94.0 Å². The van der Waals surface area contributed by atoms with Crippen LogP contribution in [0.1, 0.15) is 36.8 Å². The third-order valence-corrected chi connectivity index (χ3v) is 10.6.